The summed E-state index contributed by atoms with van der Waals surface area (Å²) in [6.45, 7) is 5.41. The molecule has 0 aliphatic rings. The van der Waals surface area contributed by atoms with Gasteiger partial charge in [-0.2, -0.15) is 5.10 Å². The van der Waals surface area contributed by atoms with Crippen molar-refractivity contribution in [3.63, 3.8) is 0 Å². The SMILES string of the molecule is Cc1nc(C)c(C(=O)Nc2ccc(NC(=O)C(C)n3cncn3)cc2)s1. The number of nitrogens with zero attached hydrogens (tertiary/aromatic N) is 4. The minimum Gasteiger partial charge on any atom is -0.324 e. The summed E-state index contributed by atoms with van der Waals surface area (Å²) in [4.78, 5) is 33.2. The highest BCUT2D eigenvalue weighted by Gasteiger charge is 2.16. The van der Waals surface area contributed by atoms with Crippen LogP contribution in [0.5, 0.6) is 0 Å². The van der Waals surface area contributed by atoms with E-state index in [0.29, 0.717) is 16.3 Å². The van der Waals surface area contributed by atoms with Gasteiger partial charge in [0.15, 0.2) is 0 Å². The van der Waals surface area contributed by atoms with E-state index in [1.165, 1.54) is 28.7 Å². The van der Waals surface area contributed by atoms with Gasteiger partial charge in [0.2, 0.25) is 5.91 Å². The van der Waals surface area contributed by atoms with Crippen LogP contribution < -0.4 is 10.6 Å². The first-order valence-corrected chi connectivity index (χ1v) is 8.76. The average molecular weight is 370 g/mol. The van der Waals surface area contributed by atoms with Gasteiger partial charge in [-0.05, 0) is 45.0 Å². The molecule has 0 aliphatic carbocycles. The summed E-state index contributed by atoms with van der Waals surface area (Å²) >= 11 is 1.36. The van der Waals surface area contributed by atoms with E-state index in [0.717, 1.165) is 10.7 Å². The molecular weight excluding hydrogens is 352 g/mol. The number of amides is 2. The van der Waals surface area contributed by atoms with Crippen LogP contribution in [0.25, 0.3) is 0 Å². The second kappa shape index (κ2) is 7.44. The number of benzene rings is 1. The Balaban J connectivity index is 1.62. The van der Waals surface area contributed by atoms with Gasteiger partial charge in [-0.25, -0.2) is 14.6 Å². The van der Waals surface area contributed by atoms with Gasteiger partial charge in [-0.3, -0.25) is 9.59 Å². The van der Waals surface area contributed by atoms with Gasteiger partial charge in [0, 0.05) is 11.4 Å². The molecule has 9 heteroatoms. The van der Waals surface area contributed by atoms with Gasteiger partial charge in [-0.1, -0.05) is 0 Å². The van der Waals surface area contributed by atoms with Crippen LogP contribution in [0.1, 0.15) is 33.3 Å². The quantitative estimate of drug-likeness (QED) is 0.719. The summed E-state index contributed by atoms with van der Waals surface area (Å²) in [7, 11) is 0. The van der Waals surface area contributed by atoms with Gasteiger partial charge in [0.25, 0.3) is 5.91 Å². The second-order valence-electron chi connectivity index (χ2n) is 5.72. The van der Waals surface area contributed by atoms with Gasteiger partial charge >= 0.3 is 0 Å². The van der Waals surface area contributed by atoms with E-state index < -0.39 is 6.04 Å². The minimum atomic E-state index is -0.477. The molecular formula is C17H18N6O2S. The second-order valence-corrected chi connectivity index (χ2v) is 6.92. The van der Waals surface area contributed by atoms with Gasteiger partial charge in [0.1, 0.15) is 23.6 Å². The fourth-order valence-electron chi connectivity index (χ4n) is 2.35. The summed E-state index contributed by atoms with van der Waals surface area (Å²) in [6.07, 6.45) is 2.87. The van der Waals surface area contributed by atoms with Crippen molar-refractivity contribution in [2.75, 3.05) is 10.6 Å². The molecule has 0 saturated carbocycles. The molecule has 0 radical (unpaired) electrons. The predicted octanol–water partition coefficient (Wildman–Crippen LogP) is 2.80. The van der Waals surface area contributed by atoms with Crippen LogP contribution in [0.15, 0.2) is 36.9 Å². The van der Waals surface area contributed by atoms with E-state index in [2.05, 4.69) is 25.7 Å². The lowest BCUT2D eigenvalue weighted by Gasteiger charge is -2.12. The lowest BCUT2D eigenvalue weighted by Crippen LogP contribution is -2.24. The van der Waals surface area contributed by atoms with Crippen molar-refractivity contribution < 1.29 is 9.59 Å². The molecule has 0 fully saturated rings. The molecule has 26 heavy (non-hydrogen) atoms. The topological polar surface area (TPSA) is 102 Å². The molecule has 2 N–H and O–H groups in total. The summed E-state index contributed by atoms with van der Waals surface area (Å²) in [5.74, 6) is -0.396. The number of hydrogen-bond acceptors (Lipinski definition) is 6. The zero-order chi connectivity index (χ0) is 18.7. The molecule has 0 bridgehead atoms. The van der Waals surface area contributed by atoms with E-state index in [4.69, 9.17) is 0 Å². The van der Waals surface area contributed by atoms with Crippen molar-refractivity contribution in [2.24, 2.45) is 0 Å². The molecule has 2 heterocycles. The Kier molecular flexibility index (Phi) is 5.08. The molecule has 2 aromatic heterocycles. The third-order valence-corrected chi connectivity index (χ3v) is 4.80. The number of aryl methyl sites for hydroxylation is 2. The third kappa shape index (κ3) is 3.94. The number of thiazole rings is 1. The lowest BCUT2D eigenvalue weighted by molar-refractivity contribution is -0.119. The zero-order valence-corrected chi connectivity index (χ0v) is 15.4. The van der Waals surface area contributed by atoms with Crippen molar-refractivity contribution in [2.45, 2.75) is 26.8 Å². The Morgan fingerprint density at radius 3 is 2.31 bits per heavy atom. The van der Waals surface area contributed by atoms with E-state index in [9.17, 15) is 9.59 Å². The Morgan fingerprint density at radius 2 is 1.77 bits per heavy atom. The maximum atomic E-state index is 12.3. The van der Waals surface area contributed by atoms with Crippen molar-refractivity contribution >= 4 is 34.5 Å². The Hall–Kier alpha value is -3.07. The minimum absolute atomic E-state index is 0.190. The van der Waals surface area contributed by atoms with E-state index in [1.807, 2.05) is 13.8 Å². The highest BCUT2D eigenvalue weighted by molar-refractivity contribution is 7.13. The molecule has 8 nitrogen and oxygen atoms in total. The van der Waals surface area contributed by atoms with Crippen molar-refractivity contribution in [1.29, 1.82) is 0 Å². The normalized spacial score (nSPS) is 11.8. The third-order valence-electron chi connectivity index (χ3n) is 3.73. The molecule has 3 aromatic rings. The number of hydrogen-bond donors (Lipinski definition) is 2. The van der Waals surface area contributed by atoms with Crippen molar-refractivity contribution in [3.8, 4) is 0 Å². The van der Waals surface area contributed by atoms with Crippen LogP contribution in [-0.2, 0) is 4.79 Å². The van der Waals surface area contributed by atoms with Crippen LogP contribution >= 0.6 is 11.3 Å². The number of carbonyl (C=O) groups excluding carboxylic acids is 2. The molecule has 0 spiro atoms. The summed E-state index contributed by atoms with van der Waals surface area (Å²) < 4.78 is 1.48. The van der Waals surface area contributed by atoms with Crippen LogP contribution in [0.3, 0.4) is 0 Å². The van der Waals surface area contributed by atoms with Gasteiger partial charge in [0.05, 0.1) is 10.7 Å². The van der Waals surface area contributed by atoms with Crippen LogP contribution in [0, 0.1) is 13.8 Å². The number of anilines is 2. The van der Waals surface area contributed by atoms with Crippen LogP contribution in [0.2, 0.25) is 0 Å². The number of rotatable bonds is 5. The van der Waals surface area contributed by atoms with E-state index in [-0.39, 0.29) is 11.8 Å². The molecule has 0 saturated heterocycles. The molecule has 2 amide bonds. The molecule has 134 valence electrons. The number of nitrogens with one attached hydrogen (secondary N) is 2. The molecule has 1 atom stereocenters. The monoisotopic (exact) mass is 370 g/mol. The van der Waals surface area contributed by atoms with Crippen LogP contribution in [-0.4, -0.2) is 31.6 Å². The lowest BCUT2D eigenvalue weighted by atomic mass is 10.2. The highest BCUT2D eigenvalue weighted by atomic mass is 32.1. The molecule has 1 aromatic carbocycles. The maximum absolute atomic E-state index is 12.3. The Morgan fingerprint density at radius 1 is 1.12 bits per heavy atom. The summed E-state index contributed by atoms with van der Waals surface area (Å²) in [5, 5.41) is 10.5. The number of carbonyl (C=O) groups is 2. The predicted molar refractivity (Wildman–Crippen MR) is 99.3 cm³/mol. The largest absolute Gasteiger partial charge is 0.324 e. The van der Waals surface area contributed by atoms with E-state index >= 15 is 0 Å². The molecule has 3 rings (SSSR count). The number of aromatic nitrogens is 4. The standard InChI is InChI=1S/C17H18N6O2S/c1-10-15(26-12(3)20-10)17(25)22-14-6-4-13(5-7-14)21-16(24)11(2)23-9-18-8-19-23/h4-9,11H,1-3H3,(H,21,24)(H,22,25). The zero-order valence-electron chi connectivity index (χ0n) is 14.6. The van der Waals surface area contributed by atoms with Gasteiger partial charge < -0.3 is 10.6 Å². The molecule has 0 aliphatic heterocycles. The molecule has 1 unspecified atom stereocenters. The Labute approximate surface area is 154 Å². The summed E-state index contributed by atoms with van der Waals surface area (Å²) in [6, 6.07) is 6.45. The van der Waals surface area contributed by atoms with Crippen molar-refractivity contribution in [1.82, 2.24) is 19.7 Å². The maximum Gasteiger partial charge on any atom is 0.267 e. The van der Waals surface area contributed by atoms with Crippen LogP contribution in [0.4, 0.5) is 11.4 Å². The van der Waals surface area contributed by atoms with Gasteiger partial charge in [-0.15, -0.1) is 11.3 Å². The van der Waals surface area contributed by atoms with E-state index in [1.54, 1.807) is 31.2 Å². The highest BCUT2D eigenvalue weighted by Crippen LogP contribution is 2.20. The first-order valence-electron chi connectivity index (χ1n) is 7.94. The first-order chi connectivity index (χ1) is 12.4. The first kappa shape index (κ1) is 17.7. The summed E-state index contributed by atoms with van der Waals surface area (Å²) in [5.41, 5.74) is 1.99. The smallest absolute Gasteiger partial charge is 0.267 e. The fraction of sp³-hybridized carbons (Fsp3) is 0.235. The average Bonchev–Trinajstić information content (AvgIpc) is 3.25. The Bertz CT molecular complexity index is 917. The fourth-order valence-corrected chi connectivity index (χ4v) is 3.17. The van der Waals surface area contributed by atoms with Crippen molar-refractivity contribution in [3.05, 3.63) is 52.5 Å².